The minimum absolute atomic E-state index is 0.00538. The number of rotatable bonds is 4. The first kappa shape index (κ1) is 16.4. The topological polar surface area (TPSA) is 32.3 Å². The van der Waals surface area contributed by atoms with Gasteiger partial charge in [0.05, 0.1) is 13.1 Å². The van der Waals surface area contributed by atoms with Crippen LogP contribution < -0.4 is 5.32 Å². The van der Waals surface area contributed by atoms with E-state index in [2.05, 4.69) is 5.32 Å². The highest BCUT2D eigenvalue weighted by Gasteiger charge is 2.27. The van der Waals surface area contributed by atoms with Gasteiger partial charge in [-0.15, -0.1) is 0 Å². The van der Waals surface area contributed by atoms with Crippen LogP contribution in [0.25, 0.3) is 0 Å². The van der Waals surface area contributed by atoms with Crippen molar-refractivity contribution in [2.24, 2.45) is 0 Å². The first-order chi connectivity index (χ1) is 11.1. The lowest BCUT2D eigenvalue weighted by molar-refractivity contribution is -0.129. The number of likely N-dealkylation sites (tertiary alicyclic amines) is 1. The molecular weight excluding hydrogens is 298 g/mol. The van der Waals surface area contributed by atoms with Crippen LogP contribution in [0.5, 0.6) is 0 Å². The zero-order valence-corrected chi connectivity index (χ0v) is 13.3. The van der Waals surface area contributed by atoms with Crippen molar-refractivity contribution in [2.75, 3.05) is 19.6 Å². The minimum atomic E-state index is -0.856. The van der Waals surface area contributed by atoms with E-state index in [9.17, 15) is 13.6 Å². The van der Waals surface area contributed by atoms with Crippen molar-refractivity contribution in [3.05, 3.63) is 35.6 Å². The van der Waals surface area contributed by atoms with Gasteiger partial charge in [-0.2, -0.15) is 0 Å². The highest BCUT2D eigenvalue weighted by Crippen LogP contribution is 2.32. The van der Waals surface area contributed by atoms with Crippen molar-refractivity contribution in [2.45, 2.75) is 50.2 Å². The summed E-state index contributed by atoms with van der Waals surface area (Å²) in [5, 5.41) is 3.32. The van der Waals surface area contributed by atoms with Gasteiger partial charge in [0.1, 0.15) is 12.0 Å². The lowest BCUT2D eigenvalue weighted by Gasteiger charge is -2.30. The number of alkyl halides is 1. The molecule has 126 valence electrons. The SMILES string of the molecule is O=C(CNC1CCC(c2ccc(F)cc2)CC1)N1CC[C@H](F)C1. The van der Waals surface area contributed by atoms with Crippen LogP contribution in [-0.4, -0.2) is 42.7 Å². The number of carbonyl (C=O) groups is 1. The summed E-state index contributed by atoms with van der Waals surface area (Å²) < 4.78 is 26.1. The molecule has 0 unspecified atom stereocenters. The quantitative estimate of drug-likeness (QED) is 0.924. The monoisotopic (exact) mass is 322 g/mol. The van der Waals surface area contributed by atoms with Crippen LogP contribution in [0.1, 0.15) is 43.6 Å². The Labute approximate surface area is 136 Å². The van der Waals surface area contributed by atoms with E-state index < -0.39 is 6.17 Å². The van der Waals surface area contributed by atoms with E-state index in [0.717, 1.165) is 25.7 Å². The molecule has 23 heavy (non-hydrogen) atoms. The number of halogens is 2. The van der Waals surface area contributed by atoms with E-state index in [-0.39, 0.29) is 18.3 Å². The summed E-state index contributed by atoms with van der Waals surface area (Å²) in [5.41, 5.74) is 1.20. The molecule has 1 saturated heterocycles. The lowest BCUT2D eigenvalue weighted by Crippen LogP contribution is -2.42. The molecule has 1 atom stereocenters. The molecule has 0 radical (unpaired) electrons. The molecule has 1 aromatic rings. The average molecular weight is 322 g/mol. The van der Waals surface area contributed by atoms with E-state index in [1.807, 2.05) is 12.1 Å². The van der Waals surface area contributed by atoms with Crippen LogP contribution in [0.2, 0.25) is 0 Å². The smallest absolute Gasteiger partial charge is 0.236 e. The summed E-state index contributed by atoms with van der Waals surface area (Å²) in [4.78, 5) is 13.6. The third kappa shape index (κ3) is 4.28. The van der Waals surface area contributed by atoms with E-state index in [4.69, 9.17) is 0 Å². The van der Waals surface area contributed by atoms with Crippen LogP contribution in [-0.2, 0) is 4.79 Å². The first-order valence-corrected chi connectivity index (χ1v) is 8.52. The maximum atomic E-state index is 13.1. The van der Waals surface area contributed by atoms with E-state index in [0.29, 0.717) is 31.5 Å². The second-order valence-corrected chi connectivity index (χ2v) is 6.71. The fourth-order valence-corrected chi connectivity index (χ4v) is 3.65. The molecule has 1 amide bonds. The Morgan fingerprint density at radius 2 is 1.83 bits per heavy atom. The second-order valence-electron chi connectivity index (χ2n) is 6.71. The molecule has 1 saturated carbocycles. The largest absolute Gasteiger partial charge is 0.339 e. The number of hydrogen-bond acceptors (Lipinski definition) is 2. The number of nitrogens with zero attached hydrogens (tertiary/aromatic N) is 1. The van der Waals surface area contributed by atoms with Gasteiger partial charge >= 0.3 is 0 Å². The lowest BCUT2D eigenvalue weighted by atomic mass is 9.82. The highest BCUT2D eigenvalue weighted by molar-refractivity contribution is 5.78. The Kier molecular flexibility index (Phi) is 5.26. The van der Waals surface area contributed by atoms with Crippen molar-refractivity contribution in [3.63, 3.8) is 0 Å². The van der Waals surface area contributed by atoms with Crippen molar-refractivity contribution < 1.29 is 13.6 Å². The Hall–Kier alpha value is -1.49. The summed E-state index contributed by atoms with van der Waals surface area (Å²) in [6.45, 7) is 1.09. The molecule has 0 spiro atoms. The number of amides is 1. The fraction of sp³-hybridized carbons (Fsp3) is 0.611. The van der Waals surface area contributed by atoms with Gasteiger partial charge in [0.15, 0.2) is 0 Å². The third-order valence-corrected chi connectivity index (χ3v) is 5.09. The molecule has 1 aromatic carbocycles. The Morgan fingerprint density at radius 3 is 2.43 bits per heavy atom. The summed E-state index contributed by atoms with van der Waals surface area (Å²) >= 11 is 0. The molecule has 3 rings (SSSR count). The predicted octanol–water partition coefficient (Wildman–Crippen LogP) is 3.01. The minimum Gasteiger partial charge on any atom is -0.339 e. The van der Waals surface area contributed by atoms with Gasteiger partial charge in [0.25, 0.3) is 0 Å². The highest BCUT2D eigenvalue weighted by atomic mass is 19.1. The summed E-state index contributed by atoms with van der Waals surface area (Å²) in [5.74, 6) is 0.293. The molecular formula is C18H24F2N2O. The molecule has 2 fully saturated rings. The molecule has 5 heteroatoms. The van der Waals surface area contributed by atoms with Crippen molar-refractivity contribution >= 4 is 5.91 Å². The predicted molar refractivity (Wildman–Crippen MR) is 85.5 cm³/mol. The zero-order chi connectivity index (χ0) is 16.2. The van der Waals surface area contributed by atoms with Crippen molar-refractivity contribution in [1.82, 2.24) is 10.2 Å². The van der Waals surface area contributed by atoms with Crippen LogP contribution >= 0.6 is 0 Å². The number of benzene rings is 1. The van der Waals surface area contributed by atoms with Gasteiger partial charge in [-0.25, -0.2) is 8.78 Å². The van der Waals surface area contributed by atoms with Gasteiger partial charge in [-0.1, -0.05) is 12.1 Å². The maximum Gasteiger partial charge on any atom is 0.236 e. The molecule has 1 heterocycles. The van der Waals surface area contributed by atoms with Crippen LogP contribution in [0, 0.1) is 5.82 Å². The molecule has 1 aliphatic carbocycles. The van der Waals surface area contributed by atoms with Gasteiger partial charge in [-0.3, -0.25) is 4.79 Å². The summed E-state index contributed by atoms with van der Waals surface area (Å²) in [6, 6.07) is 7.13. The molecule has 0 bridgehead atoms. The standard InChI is InChI=1S/C18H24F2N2O/c19-15-5-1-13(2-6-15)14-3-7-17(8-4-14)21-11-18(23)22-10-9-16(20)12-22/h1-2,5-6,14,16-17,21H,3-4,7-12H2/t14?,16-,17?/m0/s1. The van der Waals surface area contributed by atoms with E-state index in [1.165, 1.54) is 17.7 Å². The van der Waals surface area contributed by atoms with Crippen LogP contribution in [0.15, 0.2) is 24.3 Å². The first-order valence-electron chi connectivity index (χ1n) is 8.52. The summed E-state index contributed by atoms with van der Waals surface area (Å²) in [6.07, 6.45) is 3.74. The molecule has 1 N–H and O–H groups in total. The maximum absolute atomic E-state index is 13.1. The van der Waals surface area contributed by atoms with Crippen LogP contribution in [0.4, 0.5) is 8.78 Å². The van der Waals surface area contributed by atoms with E-state index >= 15 is 0 Å². The van der Waals surface area contributed by atoms with Gasteiger partial charge in [-0.05, 0) is 55.7 Å². The Balaban J connectivity index is 1.41. The van der Waals surface area contributed by atoms with Gasteiger partial charge in [0.2, 0.25) is 5.91 Å². The fourth-order valence-electron chi connectivity index (χ4n) is 3.65. The second kappa shape index (κ2) is 7.39. The van der Waals surface area contributed by atoms with E-state index in [1.54, 1.807) is 4.90 Å². The molecule has 3 nitrogen and oxygen atoms in total. The van der Waals surface area contributed by atoms with Crippen molar-refractivity contribution in [3.8, 4) is 0 Å². The molecule has 2 aliphatic rings. The van der Waals surface area contributed by atoms with Crippen LogP contribution in [0.3, 0.4) is 0 Å². The van der Waals surface area contributed by atoms with Gasteiger partial charge < -0.3 is 10.2 Å². The molecule has 0 aromatic heterocycles. The number of carbonyl (C=O) groups excluding carboxylic acids is 1. The average Bonchev–Trinajstić information content (AvgIpc) is 3.00. The zero-order valence-electron chi connectivity index (χ0n) is 13.3. The molecule has 1 aliphatic heterocycles. The Morgan fingerprint density at radius 1 is 1.13 bits per heavy atom. The third-order valence-electron chi connectivity index (χ3n) is 5.09. The summed E-state index contributed by atoms with van der Waals surface area (Å²) in [7, 11) is 0. The number of hydrogen-bond donors (Lipinski definition) is 1. The normalized spacial score (nSPS) is 28.1. The Bertz CT molecular complexity index is 526. The van der Waals surface area contributed by atoms with Crippen molar-refractivity contribution in [1.29, 1.82) is 0 Å². The number of nitrogens with one attached hydrogen (secondary N) is 1. The van der Waals surface area contributed by atoms with Gasteiger partial charge in [0, 0.05) is 12.6 Å².